The van der Waals surface area contributed by atoms with Crippen molar-refractivity contribution in [3.05, 3.63) is 58.8 Å². The van der Waals surface area contributed by atoms with Crippen molar-refractivity contribution in [2.45, 2.75) is 58.0 Å². The summed E-state index contributed by atoms with van der Waals surface area (Å²) in [6.45, 7) is 6.36. The van der Waals surface area contributed by atoms with E-state index < -0.39 is 0 Å². The molecule has 1 fully saturated rings. The van der Waals surface area contributed by atoms with E-state index in [1.807, 2.05) is 6.20 Å². The van der Waals surface area contributed by atoms with Crippen molar-refractivity contribution < 1.29 is 4.79 Å². The van der Waals surface area contributed by atoms with E-state index in [9.17, 15) is 4.79 Å². The number of likely N-dealkylation sites (N-methyl/N-ethyl adjacent to an activating group) is 1. The van der Waals surface area contributed by atoms with Crippen LogP contribution in [0, 0.1) is 0 Å². The number of pyridine rings is 1. The topological polar surface area (TPSA) is 109 Å². The lowest BCUT2D eigenvalue weighted by Gasteiger charge is -2.30. The lowest BCUT2D eigenvalue weighted by atomic mass is 9.88. The summed E-state index contributed by atoms with van der Waals surface area (Å²) in [7, 11) is 0. The molecule has 3 heterocycles. The van der Waals surface area contributed by atoms with Crippen molar-refractivity contribution in [2.24, 2.45) is 0 Å². The molecule has 0 spiro atoms. The summed E-state index contributed by atoms with van der Waals surface area (Å²) in [5.41, 5.74) is 12.9. The molecular weight excluding hydrogens is 414 g/mol. The van der Waals surface area contributed by atoms with Crippen molar-refractivity contribution in [3.63, 3.8) is 0 Å². The van der Waals surface area contributed by atoms with Crippen LogP contribution >= 0.6 is 0 Å². The van der Waals surface area contributed by atoms with Gasteiger partial charge in [-0.3, -0.25) is 4.79 Å². The van der Waals surface area contributed by atoms with Crippen LogP contribution < -0.4 is 16.4 Å². The highest BCUT2D eigenvalue weighted by atomic mass is 16.1. The summed E-state index contributed by atoms with van der Waals surface area (Å²) in [4.78, 5) is 28.6. The zero-order chi connectivity index (χ0) is 22.9. The van der Waals surface area contributed by atoms with Gasteiger partial charge in [-0.05, 0) is 63.7 Å². The second kappa shape index (κ2) is 8.84. The Hall–Kier alpha value is -3.42. The van der Waals surface area contributed by atoms with Crippen LogP contribution in [-0.2, 0) is 6.42 Å². The number of rotatable bonds is 5. The molecule has 3 aliphatic rings. The number of nitrogens with one attached hydrogen (secondary N) is 2. The Morgan fingerprint density at radius 1 is 1.21 bits per heavy atom. The van der Waals surface area contributed by atoms with Gasteiger partial charge in [-0.15, -0.1) is 0 Å². The minimum atomic E-state index is -0.158. The number of nitrogen functional groups attached to an aromatic ring is 1. The molecule has 0 radical (unpaired) electrons. The SMILES string of the molecule is CCN1C=C2C(=C(C)Cc3cnc(NC4CCCC(NC(=O)c5ccc(N)cn5)C4)nc32)C1. The number of nitrogens with two attached hydrogens (primary N) is 1. The highest BCUT2D eigenvalue weighted by molar-refractivity contribution is 5.92. The molecule has 0 bridgehead atoms. The van der Waals surface area contributed by atoms with Gasteiger partial charge in [0.25, 0.3) is 5.91 Å². The summed E-state index contributed by atoms with van der Waals surface area (Å²) >= 11 is 0. The van der Waals surface area contributed by atoms with Crippen LogP contribution in [-0.4, -0.2) is 50.9 Å². The molecule has 5 rings (SSSR count). The first-order chi connectivity index (χ1) is 16.0. The van der Waals surface area contributed by atoms with E-state index in [0.29, 0.717) is 17.3 Å². The number of anilines is 2. The predicted octanol–water partition coefficient (Wildman–Crippen LogP) is 3.16. The fraction of sp³-hybridized carbons (Fsp3) is 0.440. The average Bonchev–Trinajstić information content (AvgIpc) is 3.26. The number of allylic oxidation sites excluding steroid dienone is 1. The molecule has 8 heteroatoms. The van der Waals surface area contributed by atoms with E-state index >= 15 is 0 Å². The number of hydrogen-bond acceptors (Lipinski definition) is 7. The molecule has 1 amide bonds. The van der Waals surface area contributed by atoms with E-state index in [2.05, 4.69) is 45.5 Å². The Labute approximate surface area is 194 Å². The number of amides is 1. The summed E-state index contributed by atoms with van der Waals surface area (Å²) in [5, 5.41) is 6.66. The van der Waals surface area contributed by atoms with E-state index in [-0.39, 0.29) is 18.0 Å². The van der Waals surface area contributed by atoms with Gasteiger partial charge in [0.2, 0.25) is 5.95 Å². The zero-order valence-electron chi connectivity index (χ0n) is 19.3. The normalized spacial score (nSPS) is 21.9. The summed E-state index contributed by atoms with van der Waals surface area (Å²) in [6.07, 6.45) is 10.5. The fourth-order valence-electron chi connectivity index (χ4n) is 5.03. The van der Waals surface area contributed by atoms with Crippen LogP contribution in [0.5, 0.6) is 0 Å². The van der Waals surface area contributed by atoms with Crippen LogP contribution in [0.4, 0.5) is 11.6 Å². The van der Waals surface area contributed by atoms with Gasteiger partial charge in [0, 0.05) is 48.7 Å². The van der Waals surface area contributed by atoms with Crippen LogP contribution in [0.25, 0.3) is 5.57 Å². The molecule has 2 aromatic heterocycles. The molecule has 1 saturated carbocycles. The van der Waals surface area contributed by atoms with Crippen molar-refractivity contribution >= 4 is 23.1 Å². The molecule has 33 heavy (non-hydrogen) atoms. The Morgan fingerprint density at radius 3 is 2.85 bits per heavy atom. The van der Waals surface area contributed by atoms with Crippen molar-refractivity contribution in [1.29, 1.82) is 0 Å². The molecule has 0 aromatic carbocycles. The molecule has 8 nitrogen and oxygen atoms in total. The number of aromatic nitrogens is 3. The molecule has 2 atom stereocenters. The van der Waals surface area contributed by atoms with Crippen molar-refractivity contribution in [3.8, 4) is 0 Å². The minimum absolute atomic E-state index is 0.0913. The van der Waals surface area contributed by atoms with Crippen molar-refractivity contribution in [1.82, 2.24) is 25.2 Å². The molecule has 2 aromatic rings. The molecular formula is C25H31N7O. The summed E-state index contributed by atoms with van der Waals surface area (Å²) in [5.74, 6) is 0.509. The first-order valence-electron chi connectivity index (χ1n) is 11.8. The van der Waals surface area contributed by atoms with Gasteiger partial charge in [0.1, 0.15) is 5.69 Å². The summed E-state index contributed by atoms with van der Waals surface area (Å²) in [6, 6.07) is 3.66. The maximum atomic E-state index is 12.6. The minimum Gasteiger partial charge on any atom is -0.397 e. The van der Waals surface area contributed by atoms with Crippen molar-refractivity contribution in [2.75, 3.05) is 24.1 Å². The fourth-order valence-corrected chi connectivity index (χ4v) is 5.03. The third-order valence-corrected chi connectivity index (χ3v) is 6.86. The number of hydrogen-bond donors (Lipinski definition) is 3. The largest absolute Gasteiger partial charge is 0.397 e. The van der Waals surface area contributed by atoms with E-state index in [4.69, 9.17) is 10.7 Å². The quantitative estimate of drug-likeness (QED) is 0.649. The van der Waals surface area contributed by atoms with Gasteiger partial charge in [-0.2, -0.15) is 0 Å². The number of carbonyl (C=O) groups excluding carboxylic acids is 1. The van der Waals surface area contributed by atoms with Gasteiger partial charge in [0.15, 0.2) is 0 Å². The van der Waals surface area contributed by atoms with Crippen LogP contribution in [0.2, 0.25) is 0 Å². The highest BCUT2D eigenvalue weighted by Crippen LogP contribution is 2.38. The van der Waals surface area contributed by atoms with Gasteiger partial charge in [-0.25, -0.2) is 15.0 Å². The first kappa shape index (κ1) is 21.4. The zero-order valence-corrected chi connectivity index (χ0v) is 19.3. The molecule has 2 aliphatic carbocycles. The number of nitrogens with zero attached hydrogens (tertiary/aromatic N) is 4. The Morgan fingerprint density at radius 2 is 2.06 bits per heavy atom. The number of carbonyl (C=O) groups is 1. The smallest absolute Gasteiger partial charge is 0.270 e. The standard InChI is InChI=1S/C25H31N7O/c1-3-32-13-20-15(2)9-16-11-28-25(31-23(16)21(20)14-32)30-19-6-4-5-18(10-19)29-24(33)22-8-7-17(26)12-27-22/h7-8,11-12,14,18-19H,3-6,9-10,13,26H2,1-2H3,(H,29,33)(H,28,30,31). The second-order valence-electron chi connectivity index (χ2n) is 9.26. The molecule has 0 saturated heterocycles. The second-order valence-corrected chi connectivity index (χ2v) is 9.26. The van der Waals surface area contributed by atoms with E-state index in [1.54, 1.807) is 12.1 Å². The van der Waals surface area contributed by atoms with E-state index in [0.717, 1.165) is 50.9 Å². The highest BCUT2D eigenvalue weighted by Gasteiger charge is 2.29. The average molecular weight is 446 g/mol. The third kappa shape index (κ3) is 4.42. The Balaban J connectivity index is 1.26. The summed E-state index contributed by atoms with van der Waals surface area (Å²) < 4.78 is 0. The predicted molar refractivity (Wildman–Crippen MR) is 129 cm³/mol. The monoisotopic (exact) mass is 445 g/mol. The Kier molecular flexibility index (Phi) is 5.74. The number of fused-ring (bicyclic) bond motifs is 3. The maximum absolute atomic E-state index is 12.6. The molecule has 2 unspecified atom stereocenters. The van der Waals surface area contributed by atoms with Gasteiger partial charge >= 0.3 is 0 Å². The van der Waals surface area contributed by atoms with Gasteiger partial charge in [-0.1, -0.05) is 5.57 Å². The van der Waals surface area contributed by atoms with E-state index in [1.165, 1.54) is 28.5 Å². The first-order valence-corrected chi connectivity index (χ1v) is 11.8. The van der Waals surface area contributed by atoms with Crippen LogP contribution in [0.15, 0.2) is 41.9 Å². The third-order valence-electron chi connectivity index (χ3n) is 6.86. The molecule has 172 valence electrons. The lowest BCUT2D eigenvalue weighted by Crippen LogP contribution is -2.42. The van der Waals surface area contributed by atoms with Gasteiger partial charge in [0.05, 0.1) is 17.6 Å². The molecule has 4 N–H and O–H groups in total. The van der Waals surface area contributed by atoms with Gasteiger partial charge < -0.3 is 21.3 Å². The Bertz CT molecular complexity index is 1120. The van der Waals surface area contributed by atoms with Crippen LogP contribution in [0.1, 0.15) is 61.3 Å². The van der Waals surface area contributed by atoms with Crippen LogP contribution in [0.3, 0.4) is 0 Å². The maximum Gasteiger partial charge on any atom is 0.270 e. The molecule has 1 aliphatic heterocycles. The lowest BCUT2D eigenvalue weighted by molar-refractivity contribution is 0.0921.